The fourth-order valence-electron chi connectivity index (χ4n) is 4.09. The Morgan fingerprint density at radius 1 is 1.03 bits per heavy atom. The Balaban J connectivity index is 1.73. The van der Waals surface area contributed by atoms with Gasteiger partial charge in [-0.15, -0.1) is 0 Å². The monoisotopic (exact) mass is 459 g/mol. The average Bonchev–Trinajstić information content (AvgIpc) is 3.46. The van der Waals surface area contributed by atoms with Crippen molar-refractivity contribution < 1.29 is 8.91 Å². The number of rotatable bonds is 5. The van der Waals surface area contributed by atoms with Crippen LogP contribution in [0.2, 0.25) is 5.02 Å². The summed E-state index contributed by atoms with van der Waals surface area (Å²) in [5.41, 5.74) is 6.66. The molecular formula is C26H19ClFN3O2. The number of allylic oxidation sites excluding steroid dienone is 1. The quantitative estimate of drug-likeness (QED) is 0.288. The standard InChI is InChI=1S/C26H19ClFN3O2/c1-2-20(21-9-8-19(28)12-22(21)27)26(17-7-10-23-18(11-17)14-29-30-23)16-5-3-15(4-6-16)24-13-25(32)33-31-24/h3-14,31H,2H2,1H3,(H,29,30)/b26-20+. The van der Waals surface area contributed by atoms with Crippen LogP contribution in [-0.2, 0) is 0 Å². The molecule has 0 saturated carbocycles. The van der Waals surface area contributed by atoms with Crippen LogP contribution in [-0.4, -0.2) is 15.4 Å². The highest BCUT2D eigenvalue weighted by molar-refractivity contribution is 6.32. The molecule has 7 heteroatoms. The van der Waals surface area contributed by atoms with E-state index in [2.05, 4.69) is 28.3 Å². The van der Waals surface area contributed by atoms with Crippen molar-refractivity contribution in [1.29, 1.82) is 0 Å². The first-order chi connectivity index (χ1) is 16.0. The van der Waals surface area contributed by atoms with Crippen molar-refractivity contribution in [1.82, 2.24) is 15.4 Å². The van der Waals surface area contributed by atoms with Gasteiger partial charge in [-0.2, -0.15) is 5.10 Å². The maximum Gasteiger partial charge on any atom is 0.357 e. The van der Waals surface area contributed by atoms with Crippen molar-refractivity contribution in [2.24, 2.45) is 0 Å². The molecule has 33 heavy (non-hydrogen) atoms. The van der Waals surface area contributed by atoms with Gasteiger partial charge in [-0.3, -0.25) is 5.10 Å². The lowest BCUT2D eigenvalue weighted by Crippen LogP contribution is -1.96. The molecule has 2 heterocycles. The van der Waals surface area contributed by atoms with E-state index in [0.29, 0.717) is 17.1 Å². The molecule has 0 aliphatic carbocycles. The largest absolute Gasteiger partial charge is 0.357 e. The van der Waals surface area contributed by atoms with Crippen LogP contribution < -0.4 is 5.63 Å². The van der Waals surface area contributed by atoms with Gasteiger partial charge in [-0.05, 0) is 58.5 Å². The van der Waals surface area contributed by atoms with E-state index in [0.717, 1.165) is 44.3 Å². The van der Waals surface area contributed by atoms with Gasteiger partial charge in [-0.1, -0.05) is 54.9 Å². The number of benzene rings is 3. The van der Waals surface area contributed by atoms with Gasteiger partial charge >= 0.3 is 5.63 Å². The highest BCUT2D eigenvalue weighted by Crippen LogP contribution is 2.38. The summed E-state index contributed by atoms with van der Waals surface area (Å²) in [6, 6.07) is 19.8. The van der Waals surface area contributed by atoms with Crippen LogP contribution in [0.4, 0.5) is 4.39 Å². The van der Waals surface area contributed by atoms with Crippen LogP contribution >= 0.6 is 11.6 Å². The third kappa shape index (κ3) is 4.01. The number of hydrogen-bond acceptors (Lipinski definition) is 3. The molecule has 0 amide bonds. The molecule has 0 bridgehead atoms. The molecule has 5 nitrogen and oxygen atoms in total. The molecule has 0 unspecified atom stereocenters. The van der Waals surface area contributed by atoms with Gasteiger partial charge in [0, 0.05) is 10.9 Å². The zero-order valence-corrected chi connectivity index (χ0v) is 18.4. The lowest BCUT2D eigenvalue weighted by atomic mass is 9.87. The van der Waals surface area contributed by atoms with Gasteiger partial charge < -0.3 is 4.52 Å². The van der Waals surface area contributed by atoms with Crippen molar-refractivity contribution in [3.05, 3.63) is 111 Å². The van der Waals surface area contributed by atoms with Crippen molar-refractivity contribution in [3.63, 3.8) is 0 Å². The third-order valence-corrected chi connectivity index (χ3v) is 5.96. The van der Waals surface area contributed by atoms with Gasteiger partial charge in [0.25, 0.3) is 0 Å². The molecule has 5 aromatic rings. The van der Waals surface area contributed by atoms with E-state index >= 15 is 0 Å². The third-order valence-electron chi connectivity index (χ3n) is 5.65. The number of aromatic amines is 2. The number of hydrogen-bond donors (Lipinski definition) is 2. The van der Waals surface area contributed by atoms with Crippen LogP contribution in [0, 0.1) is 5.82 Å². The Kier molecular flexibility index (Phi) is 5.44. The van der Waals surface area contributed by atoms with Crippen molar-refractivity contribution in [2.45, 2.75) is 13.3 Å². The number of nitrogens with zero attached hydrogens (tertiary/aromatic N) is 1. The highest BCUT2D eigenvalue weighted by Gasteiger charge is 2.17. The number of halogens is 2. The molecular weight excluding hydrogens is 441 g/mol. The number of H-pyrrole nitrogens is 2. The Morgan fingerprint density at radius 2 is 1.82 bits per heavy atom. The van der Waals surface area contributed by atoms with Crippen LogP contribution in [0.3, 0.4) is 0 Å². The first kappa shape index (κ1) is 21.0. The van der Waals surface area contributed by atoms with Crippen molar-refractivity contribution >= 4 is 33.7 Å². The summed E-state index contributed by atoms with van der Waals surface area (Å²) in [5, 5.41) is 11.1. The summed E-state index contributed by atoms with van der Waals surface area (Å²) in [4.78, 5) is 11.4. The Labute approximate surface area is 193 Å². The van der Waals surface area contributed by atoms with E-state index < -0.39 is 5.63 Å². The first-order valence-electron chi connectivity index (χ1n) is 10.4. The lowest BCUT2D eigenvalue weighted by Gasteiger charge is -2.18. The normalized spacial score (nSPS) is 12.2. The predicted octanol–water partition coefficient (Wildman–Crippen LogP) is 6.67. The summed E-state index contributed by atoms with van der Waals surface area (Å²) < 4.78 is 18.6. The summed E-state index contributed by atoms with van der Waals surface area (Å²) in [6.07, 6.45) is 2.46. The highest BCUT2D eigenvalue weighted by atomic mass is 35.5. The van der Waals surface area contributed by atoms with Gasteiger partial charge in [-0.25, -0.2) is 14.3 Å². The fourth-order valence-corrected chi connectivity index (χ4v) is 4.37. The topological polar surface area (TPSA) is 74.7 Å². The molecule has 2 aromatic heterocycles. The zero-order chi connectivity index (χ0) is 22.9. The summed E-state index contributed by atoms with van der Waals surface area (Å²) in [7, 11) is 0. The van der Waals surface area contributed by atoms with Gasteiger partial charge in [0.1, 0.15) is 5.82 Å². The molecule has 0 radical (unpaired) electrons. The van der Waals surface area contributed by atoms with E-state index in [4.69, 9.17) is 16.1 Å². The summed E-state index contributed by atoms with van der Waals surface area (Å²) in [6.45, 7) is 2.05. The minimum absolute atomic E-state index is 0.362. The van der Waals surface area contributed by atoms with Gasteiger partial charge in [0.2, 0.25) is 0 Å². The van der Waals surface area contributed by atoms with Crippen LogP contribution in [0.5, 0.6) is 0 Å². The minimum Gasteiger partial charge on any atom is -0.339 e. The maximum absolute atomic E-state index is 13.8. The number of aromatic nitrogens is 3. The molecule has 2 N–H and O–H groups in total. The van der Waals surface area contributed by atoms with E-state index in [1.807, 2.05) is 36.4 Å². The van der Waals surface area contributed by atoms with Crippen molar-refractivity contribution in [2.75, 3.05) is 0 Å². The zero-order valence-electron chi connectivity index (χ0n) is 17.7. The predicted molar refractivity (Wildman–Crippen MR) is 128 cm³/mol. The van der Waals surface area contributed by atoms with Crippen molar-refractivity contribution in [3.8, 4) is 11.3 Å². The molecule has 0 atom stereocenters. The number of fused-ring (bicyclic) bond motifs is 1. The number of nitrogens with one attached hydrogen (secondary N) is 2. The molecule has 164 valence electrons. The van der Waals surface area contributed by atoms with E-state index in [-0.39, 0.29) is 5.82 Å². The van der Waals surface area contributed by atoms with Crippen LogP contribution in [0.15, 0.2) is 82.2 Å². The molecule has 0 spiro atoms. The second-order valence-electron chi connectivity index (χ2n) is 7.66. The fraction of sp³-hybridized carbons (Fsp3) is 0.0769. The summed E-state index contributed by atoms with van der Waals surface area (Å²) >= 11 is 6.47. The van der Waals surface area contributed by atoms with Gasteiger partial charge in [0.15, 0.2) is 0 Å². The second kappa shape index (κ2) is 8.56. The molecule has 0 aliphatic rings. The second-order valence-corrected chi connectivity index (χ2v) is 8.07. The summed E-state index contributed by atoms with van der Waals surface area (Å²) in [5.74, 6) is -0.376. The first-order valence-corrected chi connectivity index (χ1v) is 10.8. The SMILES string of the molecule is CC/C(=C(/c1ccc(-c2cc(=O)o[nH]2)cc1)c1ccc2[nH]ncc2c1)c1ccc(F)cc1Cl. The molecule has 0 fully saturated rings. The molecule has 3 aromatic carbocycles. The Hall–Kier alpha value is -3.90. The lowest BCUT2D eigenvalue weighted by molar-refractivity contribution is 0.394. The average molecular weight is 460 g/mol. The van der Waals surface area contributed by atoms with E-state index in [1.54, 1.807) is 12.3 Å². The molecule has 0 saturated heterocycles. The Morgan fingerprint density at radius 3 is 2.52 bits per heavy atom. The van der Waals surface area contributed by atoms with Crippen LogP contribution in [0.25, 0.3) is 33.3 Å². The smallest absolute Gasteiger partial charge is 0.339 e. The van der Waals surface area contributed by atoms with E-state index in [9.17, 15) is 9.18 Å². The maximum atomic E-state index is 13.8. The molecule has 5 rings (SSSR count). The minimum atomic E-state index is -0.428. The Bertz CT molecular complexity index is 1540. The van der Waals surface area contributed by atoms with Crippen LogP contribution in [0.1, 0.15) is 30.0 Å². The van der Waals surface area contributed by atoms with Gasteiger partial charge in [0.05, 0.1) is 28.5 Å². The molecule has 0 aliphatic heterocycles. The van der Waals surface area contributed by atoms with E-state index in [1.165, 1.54) is 18.2 Å².